The van der Waals surface area contributed by atoms with Gasteiger partial charge in [-0.05, 0) is 24.5 Å². The Morgan fingerprint density at radius 3 is 2.45 bits per heavy atom. The van der Waals surface area contributed by atoms with E-state index in [0.717, 1.165) is 0 Å². The Labute approximate surface area is 182 Å². The molecule has 0 aromatic heterocycles. The molecule has 8 heteroatoms. The Balaban J connectivity index is 1.99. The molecule has 0 unspecified atom stereocenters. The Bertz CT molecular complexity index is 1030. The summed E-state index contributed by atoms with van der Waals surface area (Å²) >= 11 is 0. The summed E-state index contributed by atoms with van der Waals surface area (Å²) in [6.45, 7) is 4.64. The number of benzene rings is 2. The predicted octanol–water partition coefficient (Wildman–Crippen LogP) is 3.55. The molecule has 0 aliphatic carbocycles. The van der Waals surface area contributed by atoms with Crippen molar-refractivity contribution in [1.82, 2.24) is 9.62 Å². The van der Waals surface area contributed by atoms with Crippen molar-refractivity contribution in [1.29, 1.82) is 0 Å². The smallest absolute Gasteiger partial charge is 0.225 e. The van der Waals surface area contributed by atoms with E-state index in [1.165, 1.54) is 11.8 Å². The second-order valence-corrected chi connectivity index (χ2v) is 10.2. The molecule has 0 saturated carbocycles. The Morgan fingerprint density at radius 1 is 1.16 bits per heavy atom. The highest BCUT2D eigenvalue weighted by Gasteiger charge is 2.46. The van der Waals surface area contributed by atoms with Crippen LogP contribution >= 0.6 is 0 Å². The Morgan fingerprint density at radius 2 is 1.84 bits per heavy atom. The van der Waals surface area contributed by atoms with Crippen molar-refractivity contribution < 1.29 is 22.0 Å². The van der Waals surface area contributed by atoms with Crippen molar-refractivity contribution in [2.24, 2.45) is 5.92 Å². The summed E-state index contributed by atoms with van der Waals surface area (Å²) in [7, 11) is -3.71. The monoisotopic (exact) mass is 450 g/mol. The first-order valence-corrected chi connectivity index (χ1v) is 12.1. The van der Waals surface area contributed by atoms with Gasteiger partial charge in [0.1, 0.15) is 12.0 Å². The number of hydrogen-bond donors (Lipinski definition) is 1. The van der Waals surface area contributed by atoms with Gasteiger partial charge < -0.3 is 4.90 Å². The van der Waals surface area contributed by atoms with Gasteiger partial charge in [0.25, 0.3) is 0 Å². The van der Waals surface area contributed by atoms with Crippen LogP contribution in [-0.4, -0.2) is 49.8 Å². The van der Waals surface area contributed by atoms with Gasteiger partial charge in [-0.25, -0.2) is 21.9 Å². The average Bonchev–Trinajstić information content (AvgIpc) is 3.04. The maximum absolute atomic E-state index is 15.4. The van der Waals surface area contributed by atoms with Crippen molar-refractivity contribution in [2.75, 3.05) is 12.3 Å². The molecule has 2 aromatic carbocycles. The summed E-state index contributed by atoms with van der Waals surface area (Å²) in [6, 6.07) is 12.1. The second-order valence-electron chi connectivity index (χ2n) is 8.12. The number of nitrogens with one attached hydrogen (secondary N) is 1. The minimum Gasteiger partial charge on any atom is -0.334 e. The highest BCUT2D eigenvalue weighted by Crippen LogP contribution is 2.30. The number of carbonyl (C=O) groups excluding carboxylic acids is 1. The van der Waals surface area contributed by atoms with Gasteiger partial charge >= 0.3 is 0 Å². The van der Waals surface area contributed by atoms with E-state index in [2.05, 4.69) is 4.72 Å². The molecule has 0 spiro atoms. The molecule has 5 nitrogen and oxygen atoms in total. The lowest BCUT2D eigenvalue weighted by Crippen LogP contribution is -2.50. The van der Waals surface area contributed by atoms with Crippen molar-refractivity contribution >= 4 is 15.9 Å². The van der Waals surface area contributed by atoms with Crippen LogP contribution in [0.4, 0.5) is 8.78 Å². The quantitative estimate of drug-likeness (QED) is 0.702. The fourth-order valence-electron chi connectivity index (χ4n) is 3.94. The molecule has 1 aliphatic rings. The fourth-order valence-corrected chi connectivity index (χ4v) is 4.83. The largest absolute Gasteiger partial charge is 0.334 e. The van der Waals surface area contributed by atoms with E-state index in [1.54, 1.807) is 44.2 Å². The zero-order chi connectivity index (χ0) is 22.8. The third-order valence-corrected chi connectivity index (χ3v) is 7.03. The first-order chi connectivity index (χ1) is 14.6. The summed E-state index contributed by atoms with van der Waals surface area (Å²) in [5.74, 6) is -1.34. The average molecular weight is 451 g/mol. The van der Waals surface area contributed by atoms with Crippen LogP contribution in [0.1, 0.15) is 26.3 Å². The highest BCUT2D eigenvalue weighted by molar-refractivity contribution is 7.89. The van der Waals surface area contributed by atoms with Crippen molar-refractivity contribution in [3.63, 3.8) is 0 Å². The standard InChI is InChI=1S/C23H28F2N2O3S/c1-4-31(29,30)26-22-19(24)14-27(23(28)15(2)3)20(22)13-17-11-8-12-18(21(17)25)16-9-6-5-7-10-16/h5-12,15,19-20,22,26H,4,13-14H2,1-3H3/t19-,20-,22-/m0/s1. The normalized spacial score (nSPS) is 21.6. The molecule has 1 N–H and O–H groups in total. The van der Waals surface area contributed by atoms with Crippen LogP contribution in [0.5, 0.6) is 0 Å². The molecular weight excluding hydrogens is 422 g/mol. The minimum absolute atomic E-state index is 0.00227. The number of carbonyl (C=O) groups is 1. The molecule has 0 bridgehead atoms. The van der Waals surface area contributed by atoms with Gasteiger partial charge in [0.2, 0.25) is 15.9 Å². The number of nitrogens with zero attached hydrogens (tertiary/aromatic N) is 1. The summed E-state index contributed by atoms with van der Waals surface area (Å²) in [5, 5.41) is 0. The SMILES string of the molecule is CCS(=O)(=O)N[C@H]1[C@@H](F)CN(C(=O)C(C)C)[C@H]1Cc1cccc(-c2ccccc2)c1F. The van der Waals surface area contributed by atoms with Gasteiger partial charge in [-0.3, -0.25) is 4.79 Å². The minimum atomic E-state index is -3.71. The zero-order valence-electron chi connectivity index (χ0n) is 17.9. The number of sulfonamides is 1. The van der Waals surface area contributed by atoms with Crippen LogP contribution in [0, 0.1) is 11.7 Å². The van der Waals surface area contributed by atoms with Gasteiger partial charge in [0.05, 0.1) is 24.4 Å². The summed E-state index contributed by atoms with van der Waals surface area (Å²) in [5.41, 5.74) is 1.41. The summed E-state index contributed by atoms with van der Waals surface area (Å²) in [4.78, 5) is 14.1. The molecule has 1 amide bonds. The number of hydrogen-bond acceptors (Lipinski definition) is 3. The summed E-state index contributed by atoms with van der Waals surface area (Å²) in [6.07, 6.45) is -1.57. The van der Waals surface area contributed by atoms with Crippen LogP contribution in [0.25, 0.3) is 11.1 Å². The molecule has 1 aliphatic heterocycles. The molecule has 2 aromatic rings. The Hall–Kier alpha value is -2.32. The maximum Gasteiger partial charge on any atom is 0.225 e. The molecule has 1 saturated heterocycles. The van der Waals surface area contributed by atoms with Crippen LogP contribution in [-0.2, 0) is 21.2 Å². The number of likely N-dealkylation sites (tertiary alicyclic amines) is 1. The van der Waals surface area contributed by atoms with Gasteiger partial charge in [-0.1, -0.05) is 62.4 Å². The van der Waals surface area contributed by atoms with Crippen molar-refractivity contribution in [2.45, 2.75) is 45.4 Å². The fraction of sp³-hybridized carbons (Fsp3) is 0.435. The van der Waals surface area contributed by atoms with E-state index in [-0.39, 0.29) is 24.6 Å². The van der Waals surface area contributed by atoms with E-state index >= 15 is 4.39 Å². The summed E-state index contributed by atoms with van der Waals surface area (Å²) < 4.78 is 57.0. The molecule has 3 atom stereocenters. The first-order valence-electron chi connectivity index (χ1n) is 10.4. The van der Waals surface area contributed by atoms with Gasteiger partial charge in [-0.2, -0.15) is 0 Å². The van der Waals surface area contributed by atoms with Gasteiger partial charge in [-0.15, -0.1) is 0 Å². The second kappa shape index (κ2) is 9.44. The third-order valence-electron chi connectivity index (χ3n) is 5.64. The van der Waals surface area contributed by atoms with E-state index in [4.69, 9.17) is 0 Å². The molecule has 168 valence electrons. The Kier molecular flexibility index (Phi) is 7.11. The van der Waals surface area contributed by atoms with Gasteiger partial charge in [0, 0.05) is 11.5 Å². The molecule has 1 fully saturated rings. The maximum atomic E-state index is 15.4. The third kappa shape index (κ3) is 5.13. The van der Waals surface area contributed by atoms with E-state index in [9.17, 15) is 17.6 Å². The lowest BCUT2D eigenvalue weighted by atomic mass is 9.95. The number of alkyl halides is 1. The molecular formula is C23H28F2N2O3S. The topological polar surface area (TPSA) is 66.5 Å². The molecule has 1 heterocycles. The number of rotatable bonds is 7. The van der Waals surface area contributed by atoms with Crippen LogP contribution in [0.3, 0.4) is 0 Å². The van der Waals surface area contributed by atoms with Crippen LogP contribution in [0.2, 0.25) is 0 Å². The lowest BCUT2D eigenvalue weighted by Gasteiger charge is -2.30. The highest BCUT2D eigenvalue weighted by atomic mass is 32.2. The van der Waals surface area contributed by atoms with Gasteiger partial charge in [0.15, 0.2) is 0 Å². The van der Waals surface area contributed by atoms with Crippen molar-refractivity contribution in [3.8, 4) is 11.1 Å². The van der Waals surface area contributed by atoms with Crippen LogP contribution in [0.15, 0.2) is 48.5 Å². The molecule has 31 heavy (non-hydrogen) atoms. The predicted molar refractivity (Wildman–Crippen MR) is 117 cm³/mol. The van der Waals surface area contributed by atoms with Crippen LogP contribution < -0.4 is 4.72 Å². The van der Waals surface area contributed by atoms with E-state index < -0.39 is 40.0 Å². The lowest BCUT2D eigenvalue weighted by molar-refractivity contribution is -0.135. The van der Waals surface area contributed by atoms with E-state index in [0.29, 0.717) is 16.7 Å². The number of halogens is 2. The number of amides is 1. The zero-order valence-corrected chi connectivity index (χ0v) is 18.7. The first kappa shape index (κ1) is 23.3. The van der Waals surface area contributed by atoms with Crippen molar-refractivity contribution in [3.05, 3.63) is 59.9 Å². The van der Waals surface area contributed by atoms with E-state index in [1.807, 2.05) is 18.2 Å². The molecule has 0 radical (unpaired) electrons. The molecule has 3 rings (SSSR count).